The molecule has 2 heteroatoms. The molecular formula is C15H11O2-. The van der Waals surface area contributed by atoms with E-state index in [4.69, 9.17) is 0 Å². The van der Waals surface area contributed by atoms with Crippen LogP contribution in [0.25, 0.3) is 11.6 Å². The lowest BCUT2D eigenvalue weighted by molar-refractivity contribution is -0.295. The number of rotatable bonds is 3. The zero-order valence-corrected chi connectivity index (χ0v) is 9.17. The van der Waals surface area contributed by atoms with E-state index in [0.717, 1.165) is 5.56 Å². The van der Waals surface area contributed by atoms with Crippen molar-refractivity contribution in [2.24, 2.45) is 0 Å². The summed E-state index contributed by atoms with van der Waals surface area (Å²) in [4.78, 5) is 11.1. The summed E-state index contributed by atoms with van der Waals surface area (Å²) in [6.07, 6.45) is 1.62. The molecule has 0 aromatic heterocycles. The smallest absolute Gasteiger partial charge is 0.0721 e. The molecule has 2 aromatic carbocycles. The van der Waals surface area contributed by atoms with Crippen molar-refractivity contribution < 1.29 is 9.90 Å². The minimum Gasteiger partial charge on any atom is -0.545 e. The highest BCUT2D eigenvalue weighted by Gasteiger charge is 2.01. The van der Waals surface area contributed by atoms with Gasteiger partial charge in [-0.05, 0) is 17.2 Å². The third kappa shape index (κ3) is 2.82. The second kappa shape index (κ2) is 5.12. The highest BCUT2D eigenvalue weighted by molar-refractivity contribution is 6.19. The van der Waals surface area contributed by atoms with Gasteiger partial charge in [0.15, 0.2) is 0 Å². The van der Waals surface area contributed by atoms with Gasteiger partial charge in [0.2, 0.25) is 0 Å². The van der Waals surface area contributed by atoms with Gasteiger partial charge in [-0.15, -0.1) is 0 Å². The van der Waals surface area contributed by atoms with Crippen molar-refractivity contribution in [2.75, 3.05) is 0 Å². The van der Waals surface area contributed by atoms with Crippen LogP contribution in [0, 0.1) is 0 Å². The fourth-order valence-corrected chi connectivity index (χ4v) is 1.59. The Balaban J connectivity index is 2.44. The van der Waals surface area contributed by atoms with Crippen LogP contribution in [0.1, 0.15) is 11.1 Å². The maximum Gasteiger partial charge on any atom is 0.0721 e. The minimum atomic E-state index is -1.17. The standard InChI is InChI=1S/C15H12O2/c16-15(17)14(13-9-5-2-6-10-13)11-12-7-3-1-4-8-12/h1-11H,(H,16,17)/p-1/b14-11-. The molecule has 0 fully saturated rings. The van der Waals surface area contributed by atoms with Crippen molar-refractivity contribution in [1.29, 1.82) is 0 Å². The molecule has 0 amide bonds. The maximum absolute atomic E-state index is 11.1. The van der Waals surface area contributed by atoms with Crippen LogP contribution in [0.3, 0.4) is 0 Å². The molecule has 17 heavy (non-hydrogen) atoms. The summed E-state index contributed by atoms with van der Waals surface area (Å²) in [7, 11) is 0. The molecule has 0 unspecified atom stereocenters. The van der Waals surface area contributed by atoms with Gasteiger partial charge in [-0.1, -0.05) is 60.7 Å². The number of aliphatic carboxylic acids is 1. The summed E-state index contributed by atoms with van der Waals surface area (Å²) in [6.45, 7) is 0. The van der Waals surface area contributed by atoms with Gasteiger partial charge in [0.1, 0.15) is 0 Å². The number of hydrogen-bond donors (Lipinski definition) is 0. The third-order valence-electron chi connectivity index (χ3n) is 2.42. The van der Waals surface area contributed by atoms with Crippen molar-refractivity contribution in [2.45, 2.75) is 0 Å². The van der Waals surface area contributed by atoms with Gasteiger partial charge in [-0.3, -0.25) is 0 Å². The molecular weight excluding hydrogens is 212 g/mol. The summed E-state index contributed by atoms with van der Waals surface area (Å²) in [5.41, 5.74) is 1.68. The number of benzene rings is 2. The van der Waals surface area contributed by atoms with Gasteiger partial charge in [0.25, 0.3) is 0 Å². The van der Waals surface area contributed by atoms with Crippen LogP contribution in [0.5, 0.6) is 0 Å². The van der Waals surface area contributed by atoms with Gasteiger partial charge in [0.05, 0.1) is 5.97 Å². The maximum atomic E-state index is 11.1. The lowest BCUT2D eigenvalue weighted by Crippen LogP contribution is -2.23. The molecule has 0 spiro atoms. The van der Waals surface area contributed by atoms with Crippen LogP contribution in [0.4, 0.5) is 0 Å². The van der Waals surface area contributed by atoms with E-state index < -0.39 is 5.97 Å². The van der Waals surface area contributed by atoms with Crippen LogP contribution < -0.4 is 5.11 Å². The fraction of sp³-hybridized carbons (Fsp3) is 0. The normalized spacial score (nSPS) is 11.2. The summed E-state index contributed by atoms with van der Waals surface area (Å²) in [5.74, 6) is -1.17. The lowest BCUT2D eigenvalue weighted by atomic mass is 10.0. The summed E-state index contributed by atoms with van der Waals surface area (Å²) in [6, 6.07) is 18.3. The molecule has 0 radical (unpaired) electrons. The van der Waals surface area contributed by atoms with Crippen LogP contribution in [0.15, 0.2) is 60.7 Å². The van der Waals surface area contributed by atoms with Gasteiger partial charge >= 0.3 is 0 Å². The number of carboxylic acid groups (broad SMARTS) is 1. The van der Waals surface area contributed by atoms with E-state index in [0.29, 0.717) is 5.56 Å². The molecule has 0 saturated heterocycles. The van der Waals surface area contributed by atoms with E-state index in [2.05, 4.69) is 0 Å². The average Bonchev–Trinajstić information content (AvgIpc) is 2.38. The second-order valence-corrected chi connectivity index (χ2v) is 3.62. The molecule has 0 atom stereocenters. The molecule has 0 aliphatic carbocycles. The molecule has 0 N–H and O–H groups in total. The number of hydrogen-bond acceptors (Lipinski definition) is 2. The van der Waals surface area contributed by atoms with Gasteiger partial charge in [-0.2, -0.15) is 0 Å². The highest BCUT2D eigenvalue weighted by atomic mass is 16.4. The Kier molecular flexibility index (Phi) is 3.36. The lowest BCUT2D eigenvalue weighted by Gasteiger charge is -2.08. The molecule has 0 aliphatic rings. The average molecular weight is 223 g/mol. The van der Waals surface area contributed by atoms with E-state index in [9.17, 15) is 9.90 Å². The van der Waals surface area contributed by atoms with E-state index >= 15 is 0 Å². The quantitative estimate of drug-likeness (QED) is 0.589. The van der Waals surface area contributed by atoms with Crippen molar-refractivity contribution in [3.05, 3.63) is 71.8 Å². The van der Waals surface area contributed by atoms with Crippen LogP contribution in [0.2, 0.25) is 0 Å². The first-order valence-corrected chi connectivity index (χ1v) is 5.31. The third-order valence-corrected chi connectivity index (χ3v) is 2.42. The Bertz CT molecular complexity index is 527. The summed E-state index contributed by atoms with van der Waals surface area (Å²) < 4.78 is 0. The Morgan fingerprint density at radius 3 is 1.94 bits per heavy atom. The van der Waals surface area contributed by atoms with Crippen molar-refractivity contribution in [3.8, 4) is 0 Å². The Hall–Kier alpha value is -2.35. The Morgan fingerprint density at radius 2 is 1.41 bits per heavy atom. The predicted molar refractivity (Wildman–Crippen MR) is 65.8 cm³/mol. The predicted octanol–water partition coefficient (Wildman–Crippen LogP) is 1.98. The molecule has 2 rings (SSSR count). The molecule has 0 saturated carbocycles. The van der Waals surface area contributed by atoms with Crippen LogP contribution in [-0.4, -0.2) is 5.97 Å². The number of carboxylic acids is 1. The monoisotopic (exact) mass is 223 g/mol. The first-order valence-electron chi connectivity index (χ1n) is 5.31. The number of carbonyl (C=O) groups is 1. The molecule has 2 nitrogen and oxygen atoms in total. The van der Waals surface area contributed by atoms with E-state index in [1.165, 1.54) is 0 Å². The fourth-order valence-electron chi connectivity index (χ4n) is 1.59. The SMILES string of the molecule is O=C([O-])/C(=C\c1ccccc1)c1ccccc1. The largest absolute Gasteiger partial charge is 0.545 e. The zero-order chi connectivity index (χ0) is 12.1. The highest BCUT2D eigenvalue weighted by Crippen LogP contribution is 2.17. The van der Waals surface area contributed by atoms with Gasteiger partial charge in [-0.25, -0.2) is 0 Å². The van der Waals surface area contributed by atoms with Gasteiger partial charge in [0, 0.05) is 5.57 Å². The van der Waals surface area contributed by atoms with E-state index in [1.807, 2.05) is 36.4 Å². The van der Waals surface area contributed by atoms with Crippen molar-refractivity contribution in [3.63, 3.8) is 0 Å². The Labute approximate surface area is 99.8 Å². The summed E-state index contributed by atoms with van der Waals surface area (Å²) >= 11 is 0. The van der Waals surface area contributed by atoms with E-state index in [1.54, 1.807) is 30.3 Å². The summed E-state index contributed by atoms with van der Waals surface area (Å²) in [5, 5.41) is 11.1. The van der Waals surface area contributed by atoms with Crippen molar-refractivity contribution in [1.82, 2.24) is 0 Å². The van der Waals surface area contributed by atoms with Crippen LogP contribution >= 0.6 is 0 Å². The minimum absolute atomic E-state index is 0.191. The number of carbonyl (C=O) groups excluding carboxylic acids is 1. The first-order chi connectivity index (χ1) is 8.27. The second-order valence-electron chi connectivity index (χ2n) is 3.62. The molecule has 0 heterocycles. The zero-order valence-electron chi connectivity index (χ0n) is 9.17. The molecule has 0 aliphatic heterocycles. The van der Waals surface area contributed by atoms with Crippen molar-refractivity contribution >= 4 is 17.6 Å². The molecule has 84 valence electrons. The Morgan fingerprint density at radius 1 is 0.882 bits per heavy atom. The molecule has 2 aromatic rings. The van der Waals surface area contributed by atoms with E-state index in [-0.39, 0.29) is 5.57 Å². The molecule has 0 bridgehead atoms. The van der Waals surface area contributed by atoms with Crippen LogP contribution in [-0.2, 0) is 4.79 Å². The van der Waals surface area contributed by atoms with Gasteiger partial charge < -0.3 is 9.90 Å². The first kappa shape index (κ1) is 11.1. The topological polar surface area (TPSA) is 40.1 Å².